The maximum atomic E-state index is 13.4. The number of methoxy groups -OCH3 is 1. The van der Waals surface area contributed by atoms with Crippen LogP contribution < -0.4 is 10.2 Å². The monoisotopic (exact) mass is 496 g/mol. The zero-order chi connectivity index (χ0) is 25.6. The zero-order valence-electron chi connectivity index (χ0n) is 20.0. The van der Waals surface area contributed by atoms with Crippen molar-refractivity contribution in [3.63, 3.8) is 0 Å². The zero-order valence-corrected chi connectivity index (χ0v) is 20.0. The molecule has 2 aliphatic rings. The fraction of sp³-hybridized carbons (Fsp3) is 0.625. The summed E-state index contributed by atoms with van der Waals surface area (Å²) in [6.45, 7) is 4.41. The van der Waals surface area contributed by atoms with E-state index in [1.807, 2.05) is 4.90 Å². The second-order valence-corrected chi connectivity index (χ2v) is 8.94. The van der Waals surface area contributed by atoms with Crippen molar-refractivity contribution in [2.75, 3.05) is 64.6 Å². The minimum absolute atomic E-state index is 0.0534. The first-order chi connectivity index (χ1) is 16.6. The van der Waals surface area contributed by atoms with Gasteiger partial charge in [-0.15, -0.1) is 0 Å². The quantitative estimate of drug-likeness (QED) is 0.556. The Morgan fingerprint density at radius 3 is 2.60 bits per heavy atom. The van der Waals surface area contributed by atoms with Crippen molar-refractivity contribution in [3.8, 4) is 6.07 Å². The Hall–Kier alpha value is -2.84. The number of likely N-dealkylation sites (tertiary alicyclic amines) is 1. The van der Waals surface area contributed by atoms with E-state index in [1.54, 1.807) is 25.0 Å². The molecule has 2 saturated heterocycles. The highest BCUT2D eigenvalue weighted by atomic mass is 19.4. The third-order valence-corrected chi connectivity index (χ3v) is 6.91. The van der Waals surface area contributed by atoms with Crippen LogP contribution >= 0.6 is 0 Å². The van der Waals surface area contributed by atoms with Crippen LogP contribution in [-0.4, -0.2) is 76.4 Å². The van der Waals surface area contributed by atoms with E-state index in [9.17, 15) is 22.8 Å². The van der Waals surface area contributed by atoms with E-state index in [4.69, 9.17) is 14.7 Å². The molecule has 0 radical (unpaired) electrons. The number of piperidine rings is 1. The number of amides is 2. The smallest absolute Gasteiger partial charge is 0.383 e. The standard InChI is InChI=1S/C24H31F3N4O4/c1-3-35-15-21(32)31-14-20(22(33)29-8-11-34-2)23(16-31)6-9-30(10-7-23)18-5-4-17(13-28)19(12-18)24(25,26)27/h4-5,12,20H,3,6-11,14-16H2,1-2H3,(H,29,33). The van der Waals surface area contributed by atoms with E-state index in [-0.39, 0.29) is 25.0 Å². The molecule has 1 spiro atoms. The number of rotatable bonds is 8. The van der Waals surface area contributed by atoms with E-state index in [0.717, 1.165) is 6.07 Å². The number of benzene rings is 1. The number of nitrogens with one attached hydrogen (secondary N) is 1. The molecule has 3 rings (SSSR count). The van der Waals surface area contributed by atoms with Gasteiger partial charge < -0.3 is 24.6 Å². The summed E-state index contributed by atoms with van der Waals surface area (Å²) < 4.78 is 50.5. The fourth-order valence-corrected chi connectivity index (χ4v) is 4.98. The highest BCUT2D eigenvalue weighted by Gasteiger charge is 2.52. The van der Waals surface area contributed by atoms with Gasteiger partial charge in [-0.3, -0.25) is 9.59 Å². The van der Waals surface area contributed by atoms with E-state index in [0.29, 0.717) is 57.9 Å². The van der Waals surface area contributed by atoms with Gasteiger partial charge in [0.2, 0.25) is 11.8 Å². The third kappa shape index (κ3) is 6.05. The number of anilines is 1. The molecule has 0 aromatic heterocycles. The van der Waals surface area contributed by atoms with Crippen LogP contribution in [0.25, 0.3) is 0 Å². The second kappa shape index (κ2) is 11.3. The van der Waals surface area contributed by atoms with E-state index in [1.165, 1.54) is 12.1 Å². The van der Waals surface area contributed by atoms with E-state index >= 15 is 0 Å². The minimum Gasteiger partial charge on any atom is -0.383 e. The first kappa shape index (κ1) is 26.8. The van der Waals surface area contributed by atoms with Crippen molar-refractivity contribution >= 4 is 17.5 Å². The van der Waals surface area contributed by atoms with E-state index < -0.39 is 28.6 Å². The predicted octanol–water partition coefficient (Wildman–Crippen LogP) is 2.42. The molecule has 1 atom stereocenters. The summed E-state index contributed by atoms with van der Waals surface area (Å²) in [7, 11) is 1.54. The molecule has 8 nitrogen and oxygen atoms in total. The molecule has 2 amide bonds. The number of nitrogens with zero attached hydrogens (tertiary/aromatic N) is 3. The number of nitriles is 1. The number of carbonyl (C=O) groups excluding carboxylic acids is 2. The van der Waals surface area contributed by atoms with Crippen LogP contribution in [0.3, 0.4) is 0 Å². The Kier molecular flexibility index (Phi) is 8.61. The fourth-order valence-electron chi connectivity index (χ4n) is 4.98. The van der Waals surface area contributed by atoms with Gasteiger partial charge in [-0.1, -0.05) is 0 Å². The lowest BCUT2D eigenvalue weighted by molar-refractivity contribution is -0.138. The van der Waals surface area contributed by atoms with Gasteiger partial charge in [-0.05, 0) is 38.0 Å². The average molecular weight is 497 g/mol. The lowest BCUT2D eigenvalue weighted by Gasteiger charge is -2.43. The Bertz CT molecular complexity index is 955. The topological polar surface area (TPSA) is 94.9 Å². The molecule has 1 N–H and O–H groups in total. The van der Waals surface area contributed by atoms with Crippen LogP contribution in [0.4, 0.5) is 18.9 Å². The van der Waals surface area contributed by atoms with Gasteiger partial charge in [-0.25, -0.2) is 0 Å². The molecule has 11 heteroatoms. The molecular weight excluding hydrogens is 465 g/mol. The summed E-state index contributed by atoms with van der Waals surface area (Å²) >= 11 is 0. The van der Waals surface area contributed by atoms with Crippen LogP contribution in [0.5, 0.6) is 0 Å². The summed E-state index contributed by atoms with van der Waals surface area (Å²) in [5.41, 5.74) is -1.47. The molecule has 0 bridgehead atoms. The largest absolute Gasteiger partial charge is 0.417 e. The molecule has 35 heavy (non-hydrogen) atoms. The van der Waals surface area contributed by atoms with E-state index in [2.05, 4.69) is 5.32 Å². The van der Waals surface area contributed by atoms with Crippen molar-refractivity contribution in [1.29, 1.82) is 5.26 Å². The predicted molar refractivity (Wildman–Crippen MR) is 121 cm³/mol. The molecule has 2 aliphatic heterocycles. The van der Waals surface area contributed by atoms with Crippen molar-refractivity contribution in [2.24, 2.45) is 11.3 Å². The van der Waals surface area contributed by atoms with Crippen molar-refractivity contribution in [3.05, 3.63) is 29.3 Å². The molecule has 0 saturated carbocycles. The van der Waals surface area contributed by atoms with Crippen molar-refractivity contribution in [2.45, 2.75) is 25.9 Å². The lowest BCUT2D eigenvalue weighted by atomic mass is 9.70. The Labute approximate surface area is 202 Å². The second-order valence-electron chi connectivity index (χ2n) is 8.94. The van der Waals surface area contributed by atoms with Gasteiger partial charge >= 0.3 is 6.18 Å². The first-order valence-electron chi connectivity index (χ1n) is 11.6. The number of ether oxygens (including phenoxy) is 2. The van der Waals surface area contributed by atoms with Crippen molar-refractivity contribution in [1.82, 2.24) is 10.2 Å². The number of halogens is 3. The van der Waals surface area contributed by atoms with Crippen LogP contribution in [-0.2, 0) is 25.2 Å². The summed E-state index contributed by atoms with van der Waals surface area (Å²) in [4.78, 5) is 29.2. The van der Waals surface area contributed by atoms with Gasteiger partial charge in [0.05, 0.1) is 29.7 Å². The summed E-state index contributed by atoms with van der Waals surface area (Å²) in [5.74, 6) is -0.763. The molecule has 1 aromatic rings. The minimum atomic E-state index is -4.63. The number of carbonyl (C=O) groups is 2. The number of hydrogen-bond donors (Lipinski definition) is 1. The van der Waals surface area contributed by atoms with Crippen LogP contribution in [0, 0.1) is 22.7 Å². The summed E-state index contributed by atoms with van der Waals surface area (Å²) in [6, 6.07) is 5.33. The molecule has 1 unspecified atom stereocenters. The molecule has 2 fully saturated rings. The first-order valence-corrected chi connectivity index (χ1v) is 11.6. The lowest BCUT2D eigenvalue weighted by Crippen LogP contribution is -2.49. The summed E-state index contributed by atoms with van der Waals surface area (Å²) in [5, 5.41) is 11.9. The maximum Gasteiger partial charge on any atom is 0.417 e. The van der Waals surface area contributed by atoms with Gasteiger partial charge in [0.25, 0.3) is 0 Å². The van der Waals surface area contributed by atoms with Gasteiger partial charge in [-0.2, -0.15) is 18.4 Å². The highest BCUT2D eigenvalue weighted by Crippen LogP contribution is 2.46. The Morgan fingerprint density at radius 1 is 1.29 bits per heavy atom. The normalized spacial score (nSPS) is 19.6. The molecular formula is C24H31F3N4O4. The van der Waals surface area contributed by atoms with Crippen molar-refractivity contribution < 1.29 is 32.2 Å². The Morgan fingerprint density at radius 2 is 2.00 bits per heavy atom. The summed E-state index contributed by atoms with van der Waals surface area (Å²) in [6.07, 6.45) is -3.55. The number of alkyl halides is 3. The van der Waals surface area contributed by atoms with Gasteiger partial charge in [0.1, 0.15) is 6.61 Å². The molecule has 2 heterocycles. The van der Waals surface area contributed by atoms with Gasteiger partial charge in [0, 0.05) is 57.5 Å². The third-order valence-electron chi connectivity index (χ3n) is 6.91. The SMILES string of the molecule is CCOCC(=O)N1CC(C(=O)NCCOC)C2(CCN(c3ccc(C#N)c(C(F)(F)F)c3)CC2)C1. The van der Waals surface area contributed by atoms with Crippen LogP contribution in [0.2, 0.25) is 0 Å². The van der Waals surface area contributed by atoms with Gasteiger partial charge in [0.15, 0.2) is 0 Å². The van der Waals surface area contributed by atoms with Crippen LogP contribution in [0.15, 0.2) is 18.2 Å². The maximum absolute atomic E-state index is 13.4. The number of hydrogen-bond acceptors (Lipinski definition) is 6. The highest BCUT2D eigenvalue weighted by molar-refractivity contribution is 5.83. The van der Waals surface area contributed by atoms with Crippen LogP contribution in [0.1, 0.15) is 30.9 Å². The average Bonchev–Trinajstić information content (AvgIpc) is 3.21. The molecule has 1 aromatic carbocycles. The Balaban J connectivity index is 1.78. The molecule has 0 aliphatic carbocycles. The molecule has 192 valence electrons.